The first kappa shape index (κ1) is 15.0. The van der Waals surface area contributed by atoms with Crippen molar-refractivity contribution in [3.05, 3.63) is 24.9 Å². The standard InChI is InChI=1S/C6H5N3.C5H10O2.H3N/c1-5-2-8-4-9-6(5)3-7-1;1-5(2,3)7-4-6;/h1-4H,(H,8,9);4H,1-3H3;1H3. The number of hydrogen-bond acceptors (Lipinski definition) is 5. The summed E-state index contributed by atoms with van der Waals surface area (Å²) >= 11 is 0. The van der Waals surface area contributed by atoms with Crippen LogP contribution in [0.5, 0.6) is 0 Å². The van der Waals surface area contributed by atoms with Gasteiger partial charge in [-0.2, -0.15) is 0 Å². The Balaban J connectivity index is 0.000000296. The lowest BCUT2D eigenvalue weighted by Crippen LogP contribution is -2.17. The molecule has 17 heavy (non-hydrogen) atoms. The number of nitrogens with one attached hydrogen (secondary N) is 1. The van der Waals surface area contributed by atoms with Gasteiger partial charge in [0.1, 0.15) is 5.60 Å². The average molecular weight is 238 g/mol. The lowest BCUT2D eigenvalue weighted by molar-refractivity contribution is -0.138. The van der Waals surface area contributed by atoms with Crippen LogP contribution < -0.4 is 6.15 Å². The Kier molecular flexibility index (Phi) is 5.84. The van der Waals surface area contributed by atoms with Crippen LogP contribution in [0.4, 0.5) is 0 Å². The van der Waals surface area contributed by atoms with E-state index in [1.54, 1.807) is 24.9 Å². The lowest BCUT2D eigenvalue weighted by atomic mass is 10.2. The Morgan fingerprint density at radius 2 is 1.88 bits per heavy atom. The minimum atomic E-state index is -0.318. The molecular weight excluding hydrogens is 220 g/mol. The van der Waals surface area contributed by atoms with Gasteiger partial charge in [0.25, 0.3) is 6.47 Å². The Labute approximate surface area is 100 Å². The normalized spacial score (nSPS) is 9.82. The van der Waals surface area contributed by atoms with Crippen LogP contribution in [0, 0.1) is 0 Å². The van der Waals surface area contributed by atoms with Gasteiger partial charge in [-0.05, 0) is 20.8 Å². The molecule has 0 unspecified atom stereocenters. The van der Waals surface area contributed by atoms with Crippen molar-refractivity contribution in [2.45, 2.75) is 26.4 Å². The van der Waals surface area contributed by atoms with Crippen molar-refractivity contribution in [2.75, 3.05) is 0 Å². The topological polar surface area (TPSA) is 103 Å². The zero-order valence-corrected chi connectivity index (χ0v) is 10.3. The predicted octanol–water partition coefficient (Wildman–Crippen LogP) is 2.03. The quantitative estimate of drug-likeness (QED) is 0.740. The van der Waals surface area contributed by atoms with Crippen molar-refractivity contribution >= 4 is 6.47 Å². The van der Waals surface area contributed by atoms with Crippen molar-refractivity contribution in [3.63, 3.8) is 0 Å². The maximum atomic E-state index is 9.60. The van der Waals surface area contributed by atoms with E-state index in [-0.39, 0.29) is 11.8 Å². The van der Waals surface area contributed by atoms with Crippen molar-refractivity contribution < 1.29 is 9.53 Å². The predicted molar refractivity (Wildman–Crippen MR) is 64.9 cm³/mol. The molecule has 0 fully saturated rings. The molecule has 2 rings (SSSR count). The molecule has 0 spiro atoms. The number of carbonyl (C=O) groups excluding carboxylic acids is 1. The number of fused-ring (bicyclic) bond motifs is 1. The largest absolute Gasteiger partial charge is 0.462 e. The highest BCUT2D eigenvalue weighted by molar-refractivity contribution is 5.56. The van der Waals surface area contributed by atoms with Crippen molar-refractivity contribution in [1.29, 1.82) is 0 Å². The first-order valence-electron chi connectivity index (χ1n) is 4.86. The Morgan fingerprint density at radius 3 is 2.35 bits per heavy atom. The molecule has 0 amide bonds. The number of aromatic nitrogens is 3. The van der Waals surface area contributed by atoms with Crippen LogP contribution in [0.3, 0.4) is 0 Å². The second-order valence-electron chi connectivity index (χ2n) is 4.15. The molecule has 4 N–H and O–H groups in total. The molecule has 0 radical (unpaired) electrons. The van der Waals surface area contributed by atoms with Gasteiger partial charge < -0.3 is 15.9 Å². The fourth-order valence-corrected chi connectivity index (χ4v) is 0.928. The highest BCUT2D eigenvalue weighted by Gasteiger charge is 2.07. The summed E-state index contributed by atoms with van der Waals surface area (Å²) in [5.74, 6) is 0. The number of nitrogens with zero attached hydrogens (tertiary/aromatic N) is 2. The summed E-state index contributed by atoms with van der Waals surface area (Å²) in [6, 6.07) is 0. The zero-order chi connectivity index (χ0) is 12.0. The van der Waals surface area contributed by atoms with Crippen LogP contribution >= 0.6 is 0 Å². The van der Waals surface area contributed by atoms with Gasteiger partial charge in [0, 0.05) is 18.0 Å². The molecule has 2 heterocycles. The van der Waals surface area contributed by atoms with Crippen LogP contribution in [0.25, 0.3) is 11.3 Å². The molecule has 0 bridgehead atoms. The van der Waals surface area contributed by atoms with Crippen molar-refractivity contribution in [1.82, 2.24) is 21.1 Å². The monoisotopic (exact) mass is 238 g/mol. The van der Waals surface area contributed by atoms with Gasteiger partial charge in [0.2, 0.25) is 0 Å². The molecule has 0 saturated heterocycles. The Bertz CT molecular complexity index is 381. The maximum Gasteiger partial charge on any atom is 0.293 e. The fourth-order valence-electron chi connectivity index (χ4n) is 0.928. The second kappa shape index (κ2) is 6.59. The summed E-state index contributed by atoms with van der Waals surface area (Å²) in [6.07, 6.45) is 6.97. The van der Waals surface area contributed by atoms with Crippen LogP contribution in [0.1, 0.15) is 20.8 Å². The number of aromatic amines is 1. The summed E-state index contributed by atoms with van der Waals surface area (Å²) in [5, 5.41) is 0. The third kappa shape index (κ3) is 5.62. The first-order chi connectivity index (χ1) is 7.53. The summed E-state index contributed by atoms with van der Waals surface area (Å²) in [6.45, 7) is 5.92. The van der Waals surface area contributed by atoms with Crippen LogP contribution in [-0.4, -0.2) is 27.0 Å². The van der Waals surface area contributed by atoms with Crippen LogP contribution in [-0.2, 0) is 9.53 Å². The number of hydrogen-bond donors (Lipinski definition) is 2. The SMILES string of the molecule is CC(C)(C)OC=O.N.c1ncc2cncc-2[nH]1. The van der Waals surface area contributed by atoms with Gasteiger partial charge in [0.15, 0.2) is 0 Å². The number of rotatable bonds is 1. The van der Waals surface area contributed by atoms with E-state index < -0.39 is 0 Å². The molecule has 0 saturated carbocycles. The molecule has 0 aliphatic carbocycles. The third-order valence-electron chi connectivity index (χ3n) is 1.64. The van der Waals surface area contributed by atoms with Gasteiger partial charge in [-0.1, -0.05) is 0 Å². The average Bonchev–Trinajstić information content (AvgIpc) is 2.64. The van der Waals surface area contributed by atoms with Gasteiger partial charge >= 0.3 is 0 Å². The van der Waals surface area contributed by atoms with E-state index in [2.05, 4.69) is 19.7 Å². The summed E-state index contributed by atoms with van der Waals surface area (Å²) in [5.41, 5.74) is 1.77. The van der Waals surface area contributed by atoms with E-state index in [1.807, 2.05) is 20.8 Å². The third-order valence-corrected chi connectivity index (χ3v) is 1.64. The first-order valence-corrected chi connectivity index (χ1v) is 4.86. The number of H-pyrrole nitrogens is 1. The van der Waals surface area contributed by atoms with E-state index in [0.717, 1.165) is 11.3 Å². The van der Waals surface area contributed by atoms with E-state index >= 15 is 0 Å². The van der Waals surface area contributed by atoms with E-state index in [0.29, 0.717) is 6.47 Å². The highest BCUT2D eigenvalue weighted by Crippen LogP contribution is 2.13. The summed E-state index contributed by atoms with van der Waals surface area (Å²) in [7, 11) is 0. The summed E-state index contributed by atoms with van der Waals surface area (Å²) in [4.78, 5) is 20.4. The summed E-state index contributed by atoms with van der Waals surface area (Å²) < 4.78 is 4.55. The highest BCUT2D eigenvalue weighted by atomic mass is 16.5. The molecule has 0 atom stereocenters. The van der Waals surface area contributed by atoms with Crippen molar-refractivity contribution in [2.24, 2.45) is 0 Å². The number of ether oxygens (including phenoxy) is 1. The molecule has 0 aromatic heterocycles. The van der Waals surface area contributed by atoms with E-state index in [4.69, 9.17) is 0 Å². The number of carbonyl (C=O) groups is 1. The second-order valence-corrected chi connectivity index (χ2v) is 4.15. The molecule has 6 heteroatoms. The van der Waals surface area contributed by atoms with E-state index in [9.17, 15) is 4.79 Å². The molecule has 2 aliphatic rings. The Hall–Kier alpha value is -1.95. The molecular formula is C11H18N4O2. The maximum absolute atomic E-state index is 9.60. The molecule has 94 valence electrons. The Morgan fingerprint density at radius 1 is 1.24 bits per heavy atom. The minimum absolute atomic E-state index is 0. The fraction of sp³-hybridized carbons (Fsp3) is 0.364. The molecule has 2 aliphatic heterocycles. The van der Waals surface area contributed by atoms with Gasteiger partial charge in [-0.15, -0.1) is 0 Å². The lowest BCUT2D eigenvalue weighted by Gasteiger charge is -2.14. The van der Waals surface area contributed by atoms with Crippen molar-refractivity contribution in [3.8, 4) is 11.3 Å². The zero-order valence-electron chi connectivity index (χ0n) is 10.3. The van der Waals surface area contributed by atoms with Crippen LogP contribution in [0.2, 0.25) is 0 Å². The van der Waals surface area contributed by atoms with E-state index in [1.165, 1.54) is 0 Å². The molecule has 0 aromatic rings. The van der Waals surface area contributed by atoms with Gasteiger partial charge in [-0.25, -0.2) is 4.98 Å². The smallest absolute Gasteiger partial charge is 0.293 e. The van der Waals surface area contributed by atoms with Gasteiger partial charge in [0.05, 0.1) is 18.2 Å². The minimum Gasteiger partial charge on any atom is -0.462 e. The molecule has 6 nitrogen and oxygen atoms in total. The molecule has 0 aromatic carbocycles. The van der Waals surface area contributed by atoms with Crippen LogP contribution in [0.15, 0.2) is 24.9 Å². The van der Waals surface area contributed by atoms with Gasteiger partial charge in [-0.3, -0.25) is 9.78 Å².